The van der Waals surface area contributed by atoms with Crippen molar-refractivity contribution >= 4 is 46.1 Å². The molecule has 6 nitrogen and oxygen atoms in total. The number of cyclic esters (lactones) is 1. The Balaban J connectivity index is 1.66. The number of ether oxygens (including phenoxy) is 1. The molecule has 2 aromatic rings. The van der Waals surface area contributed by atoms with Gasteiger partial charge in [-0.05, 0) is 12.1 Å². The van der Waals surface area contributed by atoms with Gasteiger partial charge in [-0.3, -0.25) is 9.69 Å². The molecule has 4 rings (SSSR count). The number of H-pyrrole nitrogens is 1. The zero-order chi connectivity index (χ0) is 17.0. The molecule has 2 aliphatic heterocycles. The molecule has 2 fully saturated rings. The Morgan fingerprint density at radius 3 is 2.88 bits per heavy atom. The summed E-state index contributed by atoms with van der Waals surface area (Å²) < 4.78 is 18.6. The molecule has 0 bridgehead atoms. The number of amides is 2. The van der Waals surface area contributed by atoms with Gasteiger partial charge in [0, 0.05) is 30.5 Å². The number of hydrogen-bond acceptors (Lipinski definition) is 3. The Kier molecular flexibility index (Phi) is 3.58. The van der Waals surface area contributed by atoms with Gasteiger partial charge in [0.1, 0.15) is 18.1 Å². The zero-order valence-corrected chi connectivity index (χ0v) is 13.8. The summed E-state index contributed by atoms with van der Waals surface area (Å²) in [7, 11) is 0. The fourth-order valence-electron chi connectivity index (χ4n) is 3.16. The average molecular weight is 372 g/mol. The molecule has 1 atom stereocenters. The maximum Gasteiger partial charge on any atom is 0.410 e. The van der Waals surface area contributed by atoms with Gasteiger partial charge in [0.05, 0.1) is 16.1 Å². The first-order valence-electron chi connectivity index (χ1n) is 7.35. The summed E-state index contributed by atoms with van der Waals surface area (Å²) in [4.78, 5) is 30.4. The van der Waals surface area contributed by atoms with Crippen LogP contribution in [0.25, 0.3) is 10.9 Å². The van der Waals surface area contributed by atoms with E-state index < -0.39 is 5.82 Å². The second kappa shape index (κ2) is 5.53. The molecule has 0 unspecified atom stereocenters. The van der Waals surface area contributed by atoms with Crippen LogP contribution < -0.4 is 0 Å². The van der Waals surface area contributed by atoms with E-state index in [1.54, 1.807) is 9.80 Å². The summed E-state index contributed by atoms with van der Waals surface area (Å²) in [5.41, 5.74) is 0.658. The van der Waals surface area contributed by atoms with E-state index in [0.29, 0.717) is 30.5 Å². The Labute approximate surface area is 146 Å². The highest BCUT2D eigenvalue weighted by Gasteiger charge is 2.39. The lowest BCUT2D eigenvalue weighted by Gasteiger charge is -2.35. The maximum atomic E-state index is 13.6. The minimum Gasteiger partial charge on any atom is -0.447 e. The fraction of sp³-hybridized carbons (Fsp3) is 0.333. The summed E-state index contributed by atoms with van der Waals surface area (Å²) in [5, 5.41) is 0.271. The Morgan fingerprint density at radius 2 is 2.08 bits per heavy atom. The van der Waals surface area contributed by atoms with E-state index in [1.807, 2.05) is 0 Å². The van der Waals surface area contributed by atoms with Gasteiger partial charge in [-0.2, -0.15) is 0 Å². The van der Waals surface area contributed by atoms with E-state index in [9.17, 15) is 14.0 Å². The molecule has 9 heteroatoms. The van der Waals surface area contributed by atoms with Crippen LogP contribution in [0.4, 0.5) is 9.18 Å². The zero-order valence-electron chi connectivity index (χ0n) is 12.3. The van der Waals surface area contributed by atoms with Crippen molar-refractivity contribution < 1.29 is 18.7 Å². The monoisotopic (exact) mass is 371 g/mol. The van der Waals surface area contributed by atoms with Gasteiger partial charge in [0.25, 0.3) is 5.91 Å². The topological polar surface area (TPSA) is 65.6 Å². The first-order valence-corrected chi connectivity index (χ1v) is 8.11. The van der Waals surface area contributed by atoms with Crippen LogP contribution in [-0.2, 0) is 4.74 Å². The maximum absolute atomic E-state index is 13.6. The molecular formula is C15H12Cl2FN3O3. The second-order valence-corrected chi connectivity index (χ2v) is 6.53. The predicted molar refractivity (Wildman–Crippen MR) is 86.0 cm³/mol. The Hall–Kier alpha value is -1.99. The van der Waals surface area contributed by atoms with Gasteiger partial charge < -0.3 is 14.6 Å². The molecule has 0 spiro atoms. The number of nitrogens with one attached hydrogen (secondary N) is 1. The minimum atomic E-state index is -0.598. The lowest BCUT2D eigenvalue weighted by molar-refractivity contribution is 0.0612. The summed E-state index contributed by atoms with van der Waals surface area (Å²) >= 11 is 12.2. The first kappa shape index (κ1) is 15.5. The van der Waals surface area contributed by atoms with E-state index in [-0.39, 0.29) is 40.4 Å². The van der Waals surface area contributed by atoms with Gasteiger partial charge in [0.15, 0.2) is 0 Å². The quantitative estimate of drug-likeness (QED) is 0.837. The van der Waals surface area contributed by atoms with E-state index >= 15 is 0 Å². The smallest absolute Gasteiger partial charge is 0.410 e. The van der Waals surface area contributed by atoms with E-state index in [2.05, 4.69) is 4.98 Å². The van der Waals surface area contributed by atoms with Crippen molar-refractivity contribution in [2.45, 2.75) is 6.04 Å². The number of carbonyl (C=O) groups excluding carboxylic acids is 2. The average Bonchev–Trinajstić information content (AvgIpc) is 3.11. The molecule has 0 saturated carbocycles. The number of benzene rings is 1. The number of aromatic amines is 1. The van der Waals surface area contributed by atoms with Crippen LogP contribution in [0.2, 0.25) is 10.0 Å². The highest BCUT2D eigenvalue weighted by Crippen LogP contribution is 2.35. The molecule has 2 aliphatic rings. The molecule has 126 valence electrons. The van der Waals surface area contributed by atoms with E-state index in [0.717, 1.165) is 0 Å². The Bertz CT molecular complexity index is 869. The van der Waals surface area contributed by atoms with Crippen LogP contribution in [0.1, 0.15) is 10.5 Å². The number of carbonyl (C=O) groups is 2. The summed E-state index contributed by atoms with van der Waals surface area (Å²) in [6.07, 6.45) is -0.349. The van der Waals surface area contributed by atoms with Gasteiger partial charge in [0.2, 0.25) is 0 Å². The number of rotatable bonds is 1. The van der Waals surface area contributed by atoms with Crippen LogP contribution in [-0.4, -0.2) is 59.1 Å². The van der Waals surface area contributed by atoms with E-state index in [1.165, 1.54) is 12.1 Å². The fourth-order valence-corrected chi connectivity index (χ4v) is 3.79. The standard InChI is InChI=1S/C15H12Cl2FN3O3/c16-11-8(18)1-2-9-10(11)12(17)13(19-9)14(22)20-3-4-21-7(5-20)6-24-15(21)23/h1-2,7,19H,3-6H2/t7-/m0/s1. The number of halogens is 3. The van der Waals surface area contributed by atoms with Crippen molar-refractivity contribution in [3.05, 3.63) is 33.7 Å². The van der Waals surface area contributed by atoms with E-state index in [4.69, 9.17) is 27.9 Å². The normalized spacial score (nSPS) is 20.5. The molecule has 24 heavy (non-hydrogen) atoms. The summed E-state index contributed by atoms with van der Waals surface area (Å²) in [5.74, 6) is -0.911. The molecule has 2 saturated heterocycles. The van der Waals surface area contributed by atoms with Gasteiger partial charge >= 0.3 is 6.09 Å². The third-order valence-corrected chi connectivity index (χ3v) is 5.16. The molecule has 1 N–H and O–H groups in total. The number of fused-ring (bicyclic) bond motifs is 2. The van der Waals surface area contributed by atoms with Crippen molar-refractivity contribution in [1.82, 2.24) is 14.8 Å². The van der Waals surface area contributed by atoms with Crippen LogP contribution in [0.5, 0.6) is 0 Å². The van der Waals surface area contributed by atoms with Gasteiger partial charge in [-0.1, -0.05) is 23.2 Å². The van der Waals surface area contributed by atoms with Gasteiger partial charge in [-0.25, -0.2) is 9.18 Å². The molecule has 1 aromatic heterocycles. The third kappa shape index (κ3) is 2.22. The molecule has 2 amide bonds. The molecular weight excluding hydrogens is 360 g/mol. The minimum absolute atomic E-state index is 0.0978. The lowest BCUT2D eigenvalue weighted by atomic mass is 10.2. The number of hydrogen-bond donors (Lipinski definition) is 1. The highest BCUT2D eigenvalue weighted by molar-refractivity contribution is 6.44. The first-order chi connectivity index (χ1) is 11.5. The van der Waals surface area contributed by atoms with Crippen molar-refractivity contribution in [3.63, 3.8) is 0 Å². The van der Waals surface area contributed by atoms with Crippen molar-refractivity contribution in [2.24, 2.45) is 0 Å². The van der Waals surface area contributed by atoms with Crippen molar-refractivity contribution in [3.8, 4) is 0 Å². The summed E-state index contributed by atoms with van der Waals surface area (Å²) in [6.45, 7) is 1.40. The molecule has 0 radical (unpaired) electrons. The third-order valence-electron chi connectivity index (χ3n) is 4.41. The largest absolute Gasteiger partial charge is 0.447 e. The SMILES string of the molecule is O=C(c1[nH]c2ccc(F)c(Cl)c2c1Cl)N1CCN2C(=O)OC[C@@H]2C1. The van der Waals surface area contributed by atoms with Gasteiger partial charge in [-0.15, -0.1) is 0 Å². The lowest BCUT2D eigenvalue weighted by Crippen LogP contribution is -2.53. The van der Waals surface area contributed by atoms with Crippen molar-refractivity contribution in [2.75, 3.05) is 26.2 Å². The molecule has 0 aliphatic carbocycles. The number of nitrogens with zero attached hydrogens (tertiary/aromatic N) is 2. The van der Waals surface area contributed by atoms with Crippen LogP contribution in [0.3, 0.4) is 0 Å². The predicted octanol–water partition coefficient (Wildman–Crippen LogP) is 2.89. The molecule has 1 aromatic carbocycles. The van der Waals surface area contributed by atoms with Crippen LogP contribution in [0.15, 0.2) is 12.1 Å². The summed E-state index contributed by atoms with van der Waals surface area (Å²) in [6, 6.07) is 2.55. The number of piperazine rings is 1. The number of aromatic nitrogens is 1. The van der Waals surface area contributed by atoms with Crippen LogP contribution in [0, 0.1) is 5.82 Å². The van der Waals surface area contributed by atoms with Crippen molar-refractivity contribution in [1.29, 1.82) is 0 Å². The highest BCUT2D eigenvalue weighted by atomic mass is 35.5. The molecule has 3 heterocycles. The van der Waals surface area contributed by atoms with Crippen LogP contribution >= 0.6 is 23.2 Å². The second-order valence-electron chi connectivity index (χ2n) is 5.77. The Morgan fingerprint density at radius 1 is 1.29 bits per heavy atom.